The van der Waals surface area contributed by atoms with Crippen LogP contribution in [-0.4, -0.2) is 24.2 Å². The third-order valence-corrected chi connectivity index (χ3v) is 4.47. The Bertz CT molecular complexity index is 542. The Kier molecular flexibility index (Phi) is 3.82. The predicted molar refractivity (Wildman–Crippen MR) is 79.8 cm³/mol. The summed E-state index contributed by atoms with van der Waals surface area (Å²) in [5.74, 6) is 0.580. The van der Waals surface area contributed by atoms with Gasteiger partial charge in [0.05, 0.1) is 16.6 Å². The fourth-order valence-electron chi connectivity index (χ4n) is 2.13. The summed E-state index contributed by atoms with van der Waals surface area (Å²) in [5.41, 5.74) is 0. The number of aromatic nitrogens is 1. The second kappa shape index (κ2) is 5.57. The van der Waals surface area contributed by atoms with Crippen LogP contribution in [0.4, 0.5) is 5.13 Å². The molecule has 1 saturated heterocycles. The van der Waals surface area contributed by atoms with E-state index in [-0.39, 0.29) is 6.10 Å². The highest BCUT2D eigenvalue weighted by Crippen LogP contribution is 2.34. The van der Waals surface area contributed by atoms with Crippen molar-refractivity contribution >= 4 is 39.7 Å². The molecule has 3 rings (SSSR count). The molecule has 0 radical (unpaired) electrons. The van der Waals surface area contributed by atoms with E-state index in [0.29, 0.717) is 15.8 Å². The fraction of sp³-hybridized carbons (Fsp3) is 0.308. The monoisotopic (exact) mass is 314 g/mol. The molecule has 0 amide bonds. The van der Waals surface area contributed by atoms with Gasteiger partial charge in [0.25, 0.3) is 0 Å². The fourth-order valence-corrected chi connectivity index (χ4v) is 3.30. The average molecular weight is 315 g/mol. The zero-order valence-corrected chi connectivity index (χ0v) is 12.4. The van der Waals surface area contributed by atoms with Gasteiger partial charge in [-0.15, -0.1) is 11.3 Å². The van der Waals surface area contributed by atoms with Crippen LogP contribution in [0, 0.1) is 0 Å². The van der Waals surface area contributed by atoms with Crippen LogP contribution in [-0.2, 0) is 0 Å². The molecule has 0 N–H and O–H groups in total. The first-order chi connectivity index (χ1) is 9.24. The van der Waals surface area contributed by atoms with Crippen LogP contribution in [0.25, 0.3) is 0 Å². The van der Waals surface area contributed by atoms with Crippen molar-refractivity contribution in [2.24, 2.45) is 0 Å². The minimum Gasteiger partial charge on any atom is -0.485 e. The Morgan fingerprint density at radius 3 is 2.79 bits per heavy atom. The molecule has 0 aliphatic carbocycles. The highest BCUT2D eigenvalue weighted by molar-refractivity contribution is 7.13. The van der Waals surface area contributed by atoms with Crippen LogP contribution >= 0.6 is 34.5 Å². The lowest BCUT2D eigenvalue weighted by Gasteiger charge is -2.17. The average Bonchev–Trinajstić information content (AvgIpc) is 3.04. The lowest BCUT2D eigenvalue weighted by atomic mass is 10.3. The van der Waals surface area contributed by atoms with Crippen LogP contribution in [0.15, 0.2) is 29.8 Å². The van der Waals surface area contributed by atoms with E-state index in [1.807, 2.05) is 17.6 Å². The number of nitrogens with zero attached hydrogens (tertiary/aromatic N) is 2. The highest BCUT2D eigenvalue weighted by Gasteiger charge is 2.26. The number of hydrogen-bond donors (Lipinski definition) is 0. The molecule has 1 atom stereocenters. The van der Waals surface area contributed by atoms with Gasteiger partial charge < -0.3 is 9.64 Å². The van der Waals surface area contributed by atoms with Gasteiger partial charge in [0, 0.05) is 24.5 Å². The topological polar surface area (TPSA) is 25.4 Å². The predicted octanol–water partition coefficient (Wildman–Crippen LogP) is 4.11. The minimum absolute atomic E-state index is 0.0984. The standard InChI is InChI=1S/C13H12Cl2N2OS/c14-10-2-1-3-11(15)12(10)18-9-4-6-17(8-9)13-16-5-7-19-13/h1-3,5,7,9H,4,6,8H2/t9-/m1/s1. The summed E-state index contributed by atoms with van der Waals surface area (Å²) in [5, 5.41) is 4.13. The number of rotatable bonds is 3. The summed E-state index contributed by atoms with van der Waals surface area (Å²) in [6.07, 6.45) is 2.86. The summed E-state index contributed by atoms with van der Waals surface area (Å²) in [6, 6.07) is 5.39. The maximum absolute atomic E-state index is 6.11. The Morgan fingerprint density at radius 1 is 1.32 bits per heavy atom. The van der Waals surface area contributed by atoms with Crippen molar-refractivity contribution in [2.45, 2.75) is 12.5 Å². The van der Waals surface area contributed by atoms with E-state index in [9.17, 15) is 0 Å². The van der Waals surface area contributed by atoms with Gasteiger partial charge >= 0.3 is 0 Å². The molecule has 1 fully saturated rings. The molecular formula is C13H12Cl2N2OS. The van der Waals surface area contributed by atoms with Gasteiger partial charge in [-0.2, -0.15) is 0 Å². The first kappa shape index (κ1) is 13.0. The van der Waals surface area contributed by atoms with Crippen LogP contribution < -0.4 is 9.64 Å². The maximum atomic E-state index is 6.11. The lowest BCUT2D eigenvalue weighted by molar-refractivity contribution is 0.225. The largest absolute Gasteiger partial charge is 0.485 e. The number of thiazole rings is 1. The third kappa shape index (κ3) is 2.81. The number of hydrogen-bond acceptors (Lipinski definition) is 4. The van der Waals surface area contributed by atoms with E-state index >= 15 is 0 Å². The Balaban J connectivity index is 1.69. The Morgan fingerprint density at radius 2 is 2.11 bits per heavy atom. The van der Waals surface area contributed by atoms with Crippen LogP contribution in [0.5, 0.6) is 5.75 Å². The van der Waals surface area contributed by atoms with Crippen molar-refractivity contribution < 1.29 is 4.74 Å². The number of halogens is 2. The Labute approximate surface area is 125 Å². The summed E-state index contributed by atoms with van der Waals surface area (Å²) in [7, 11) is 0. The molecule has 100 valence electrons. The second-order valence-electron chi connectivity index (χ2n) is 4.34. The van der Waals surface area contributed by atoms with Crippen LogP contribution in [0.1, 0.15) is 6.42 Å². The van der Waals surface area contributed by atoms with E-state index in [4.69, 9.17) is 27.9 Å². The van der Waals surface area contributed by atoms with E-state index in [1.54, 1.807) is 23.5 Å². The van der Waals surface area contributed by atoms with E-state index in [2.05, 4.69) is 9.88 Å². The molecule has 0 bridgehead atoms. The van der Waals surface area contributed by atoms with Gasteiger partial charge in [0.2, 0.25) is 0 Å². The van der Waals surface area contributed by atoms with E-state index < -0.39 is 0 Å². The van der Waals surface area contributed by atoms with Crippen LogP contribution in [0.3, 0.4) is 0 Å². The number of para-hydroxylation sites is 1. The molecule has 1 aliphatic heterocycles. The summed E-state index contributed by atoms with van der Waals surface area (Å²) in [6.45, 7) is 1.76. The first-order valence-corrected chi connectivity index (χ1v) is 7.62. The van der Waals surface area contributed by atoms with E-state index in [0.717, 1.165) is 24.6 Å². The molecule has 3 nitrogen and oxygen atoms in total. The number of benzene rings is 1. The van der Waals surface area contributed by atoms with Gasteiger partial charge in [-0.05, 0) is 12.1 Å². The Hall–Kier alpha value is -0.970. The molecular weight excluding hydrogens is 303 g/mol. The van der Waals surface area contributed by atoms with Gasteiger partial charge in [-0.25, -0.2) is 4.98 Å². The van der Waals surface area contributed by atoms with Gasteiger partial charge in [0.1, 0.15) is 6.10 Å². The number of ether oxygens (including phenoxy) is 1. The SMILES string of the molecule is Clc1cccc(Cl)c1O[C@@H]1CCN(c2nccs2)C1. The highest BCUT2D eigenvalue weighted by atomic mass is 35.5. The van der Waals surface area contributed by atoms with Crippen molar-refractivity contribution in [1.29, 1.82) is 0 Å². The number of anilines is 1. The quantitative estimate of drug-likeness (QED) is 0.852. The smallest absolute Gasteiger partial charge is 0.185 e. The molecule has 1 aromatic carbocycles. The first-order valence-electron chi connectivity index (χ1n) is 5.99. The van der Waals surface area contributed by atoms with Gasteiger partial charge in [-0.3, -0.25) is 0 Å². The maximum Gasteiger partial charge on any atom is 0.185 e. The molecule has 0 saturated carbocycles. The molecule has 0 unspecified atom stereocenters. The zero-order valence-electron chi connectivity index (χ0n) is 10.1. The minimum atomic E-state index is 0.0984. The van der Waals surface area contributed by atoms with Crippen molar-refractivity contribution in [3.8, 4) is 5.75 Å². The molecule has 6 heteroatoms. The summed E-state index contributed by atoms with van der Waals surface area (Å²) < 4.78 is 5.94. The van der Waals surface area contributed by atoms with Crippen molar-refractivity contribution in [3.05, 3.63) is 39.8 Å². The van der Waals surface area contributed by atoms with E-state index in [1.165, 1.54) is 0 Å². The molecule has 1 aromatic heterocycles. The van der Waals surface area contributed by atoms with Crippen molar-refractivity contribution in [3.63, 3.8) is 0 Å². The van der Waals surface area contributed by atoms with Gasteiger partial charge in [0.15, 0.2) is 10.9 Å². The normalized spacial score (nSPS) is 18.8. The van der Waals surface area contributed by atoms with Crippen molar-refractivity contribution in [2.75, 3.05) is 18.0 Å². The molecule has 2 heterocycles. The molecule has 2 aromatic rings. The lowest BCUT2D eigenvalue weighted by Crippen LogP contribution is -2.24. The molecule has 0 spiro atoms. The third-order valence-electron chi connectivity index (χ3n) is 3.04. The zero-order chi connectivity index (χ0) is 13.2. The summed E-state index contributed by atoms with van der Waals surface area (Å²) >= 11 is 13.9. The van der Waals surface area contributed by atoms with Crippen LogP contribution in [0.2, 0.25) is 10.0 Å². The second-order valence-corrected chi connectivity index (χ2v) is 6.03. The molecule has 19 heavy (non-hydrogen) atoms. The van der Waals surface area contributed by atoms with Gasteiger partial charge in [-0.1, -0.05) is 29.3 Å². The summed E-state index contributed by atoms with van der Waals surface area (Å²) in [4.78, 5) is 6.53. The van der Waals surface area contributed by atoms with Crippen molar-refractivity contribution in [1.82, 2.24) is 4.98 Å². The molecule has 1 aliphatic rings.